The van der Waals surface area contributed by atoms with Crippen molar-refractivity contribution in [3.8, 4) is 0 Å². The Labute approximate surface area is 256 Å². The topological polar surface area (TPSA) is 75.5 Å². The number of rotatable bonds is 10. The number of piperidine rings is 1. The van der Waals surface area contributed by atoms with Gasteiger partial charge in [0.1, 0.15) is 6.73 Å². The SMILES string of the molecule is Cc1cc(CC(c2ccccn2)N2CCC(N3Cc4ccccc4NC3=O)CC2)cc2cn(COCC[Si](C)(C)C)nc12. The Hall–Kier alpha value is -3.53. The minimum Gasteiger partial charge on any atom is -0.360 e. The maximum atomic E-state index is 13.0. The molecule has 226 valence electrons. The molecule has 2 amide bonds. The molecule has 2 aromatic heterocycles. The molecule has 0 spiro atoms. The number of anilines is 1. The van der Waals surface area contributed by atoms with Gasteiger partial charge in [0.05, 0.1) is 17.3 Å². The minimum atomic E-state index is -1.11. The van der Waals surface area contributed by atoms with Gasteiger partial charge in [-0.05, 0) is 73.2 Å². The maximum Gasteiger partial charge on any atom is 0.322 e. The third-order valence-electron chi connectivity index (χ3n) is 8.83. The summed E-state index contributed by atoms with van der Waals surface area (Å²) in [4.78, 5) is 22.4. The van der Waals surface area contributed by atoms with Gasteiger partial charge in [-0.15, -0.1) is 0 Å². The molecule has 0 saturated carbocycles. The van der Waals surface area contributed by atoms with Crippen molar-refractivity contribution in [3.63, 3.8) is 0 Å². The molecule has 8 nitrogen and oxygen atoms in total. The van der Waals surface area contributed by atoms with E-state index in [0.717, 1.165) is 67.3 Å². The van der Waals surface area contributed by atoms with Crippen molar-refractivity contribution in [2.75, 3.05) is 25.0 Å². The van der Waals surface area contributed by atoms with Gasteiger partial charge in [-0.25, -0.2) is 9.48 Å². The van der Waals surface area contributed by atoms with Crippen molar-refractivity contribution < 1.29 is 9.53 Å². The molecule has 43 heavy (non-hydrogen) atoms. The summed E-state index contributed by atoms with van der Waals surface area (Å²) >= 11 is 0. The zero-order valence-electron chi connectivity index (χ0n) is 25.9. The van der Waals surface area contributed by atoms with Gasteiger partial charge in [0.15, 0.2) is 0 Å². The number of nitrogens with zero attached hydrogens (tertiary/aromatic N) is 5. The average Bonchev–Trinajstić information content (AvgIpc) is 3.41. The normalized spacial score (nSPS) is 17.2. The fraction of sp³-hybridized carbons (Fsp3) is 0.441. The van der Waals surface area contributed by atoms with Crippen molar-refractivity contribution in [2.45, 2.75) is 77.2 Å². The van der Waals surface area contributed by atoms with Gasteiger partial charge in [0.2, 0.25) is 0 Å². The predicted octanol–water partition coefficient (Wildman–Crippen LogP) is 6.85. The highest BCUT2D eigenvalue weighted by Gasteiger charge is 2.34. The number of aryl methyl sites for hydroxylation is 1. The van der Waals surface area contributed by atoms with Crippen LogP contribution < -0.4 is 5.32 Å². The van der Waals surface area contributed by atoms with E-state index in [-0.39, 0.29) is 18.1 Å². The van der Waals surface area contributed by atoms with E-state index >= 15 is 0 Å². The Morgan fingerprint density at radius 2 is 1.86 bits per heavy atom. The lowest BCUT2D eigenvalue weighted by Crippen LogP contribution is -2.50. The van der Waals surface area contributed by atoms with Crippen LogP contribution in [0, 0.1) is 6.92 Å². The van der Waals surface area contributed by atoms with Crippen LogP contribution in [0.15, 0.2) is 67.0 Å². The number of hydrogen-bond donors (Lipinski definition) is 1. The molecule has 4 heterocycles. The molecule has 0 aliphatic carbocycles. The number of para-hydroxylation sites is 1. The summed E-state index contributed by atoms with van der Waals surface area (Å²) in [5.41, 5.74) is 6.72. The highest BCUT2D eigenvalue weighted by molar-refractivity contribution is 6.76. The molecule has 1 unspecified atom stereocenters. The van der Waals surface area contributed by atoms with E-state index in [1.165, 1.54) is 16.7 Å². The lowest BCUT2D eigenvalue weighted by Gasteiger charge is -2.42. The Morgan fingerprint density at radius 1 is 1.07 bits per heavy atom. The minimum absolute atomic E-state index is 0.0178. The number of aromatic nitrogens is 3. The van der Waals surface area contributed by atoms with Crippen molar-refractivity contribution in [2.24, 2.45) is 0 Å². The van der Waals surface area contributed by atoms with Crippen LogP contribution in [0.4, 0.5) is 10.5 Å². The monoisotopic (exact) mass is 596 g/mol. The molecular weight excluding hydrogens is 553 g/mol. The Balaban J connectivity index is 1.15. The number of benzene rings is 2. The molecule has 1 N–H and O–H groups in total. The molecule has 4 aromatic rings. The summed E-state index contributed by atoms with van der Waals surface area (Å²) in [5, 5.41) is 9.07. The van der Waals surface area contributed by atoms with Gasteiger partial charge in [0, 0.05) is 63.8 Å². The van der Waals surface area contributed by atoms with Crippen LogP contribution in [-0.4, -0.2) is 64.4 Å². The number of ether oxygens (including phenoxy) is 1. The van der Waals surface area contributed by atoms with Crippen molar-refractivity contribution in [1.29, 1.82) is 0 Å². The van der Waals surface area contributed by atoms with Crippen LogP contribution >= 0.6 is 0 Å². The number of carbonyl (C=O) groups is 1. The molecular formula is C34H44N6O2Si. The highest BCUT2D eigenvalue weighted by Crippen LogP contribution is 2.32. The number of fused-ring (bicyclic) bond motifs is 2. The van der Waals surface area contributed by atoms with Gasteiger partial charge in [-0.3, -0.25) is 9.88 Å². The average molecular weight is 597 g/mol. The lowest BCUT2D eigenvalue weighted by molar-refractivity contribution is 0.0791. The van der Waals surface area contributed by atoms with E-state index in [2.05, 4.69) is 73.3 Å². The van der Waals surface area contributed by atoms with Crippen LogP contribution in [0.25, 0.3) is 10.9 Å². The first-order chi connectivity index (χ1) is 20.7. The van der Waals surface area contributed by atoms with Crippen molar-refractivity contribution in [1.82, 2.24) is 24.6 Å². The number of hydrogen-bond acceptors (Lipinski definition) is 5. The smallest absolute Gasteiger partial charge is 0.322 e. The Bertz CT molecular complexity index is 1560. The molecule has 1 saturated heterocycles. The number of likely N-dealkylation sites (tertiary alicyclic amines) is 1. The predicted molar refractivity (Wildman–Crippen MR) is 175 cm³/mol. The first-order valence-electron chi connectivity index (χ1n) is 15.6. The standard InChI is InChI=1S/C34H44N6O2Si/c1-25-19-26(20-28-22-39(37-33(25)28)24-42-17-18-43(2,3)4)21-32(31-11-7-8-14-35-31)38-15-12-29(13-16-38)40-23-27-9-5-6-10-30(27)36-34(40)41/h5-11,14,19-20,22,29,32H,12-13,15-18,21,23-24H2,1-4H3,(H,36,41). The molecule has 2 aromatic carbocycles. The van der Waals surface area contributed by atoms with E-state index < -0.39 is 8.07 Å². The van der Waals surface area contributed by atoms with Gasteiger partial charge in [0.25, 0.3) is 0 Å². The molecule has 9 heteroatoms. The quantitative estimate of drug-likeness (QED) is 0.160. The largest absolute Gasteiger partial charge is 0.360 e. The first-order valence-corrected chi connectivity index (χ1v) is 19.3. The van der Waals surface area contributed by atoms with Gasteiger partial charge in [-0.2, -0.15) is 5.10 Å². The third kappa shape index (κ3) is 7.00. The van der Waals surface area contributed by atoms with E-state index in [1.54, 1.807) is 0 Å². The van der Waals surface area contributed by atoms with Crippen LogP contribution in [0.5, 0.6) is 0 Å². The number of amides is 2. The maximum absolute atomic E-state index is 13.0. The summed E-state index contributed by atoms with van der Waals surface area (Å²) in [5.74, 6) is 0. The van der Waals surface area contributed by atoms with Crippen LogP contribution in [-0.2, 0) is 24.4 Å². The summed E-state index contributed by atoms with van der Waals surface area (Å²) in [6, 6.07) is 20.4. The number of carbonyl (C=O) groups excluding carboxylic acids is 1. The molecule has 2 aliphatic heterocycles. The fourth-order valence-electron chi connectivity index (χ4n) is 6.40. The van der Waals surface area contributed by atoms with Crippen molar-refractivity contribution >= 4 is 30.7 Å². The van der Waals surface area contributed by atoms with Crippen LogP contribution in [0.2, 0.25) is 25.7 Å². The number of urea groups is 1. The second kappa shape index (κ2) is 12.6. The summed E-state index contributed by atoms with van der Waals surface area (Å²) in [7, 11) is -1.11. The summed E-state index contributed by atoms with van der Waals surface area (Å²) in [6.07, 6.45) is 6.77. The van der Waals surface area contributed by atoms with E-state index in [1.807, 2.05) is 40.0 Å². The Kier molecular flexibility index (Phi) is 8.65. The lowest BCUT2D eigenvalue weighted by atomic mass is 9.94. The second-order valence-corrected chi connectivity index (χ2v) is 18.9. The zero-order chi connectivity index (χ0) is 30.0. The number of nitrogens with one attached hydrogen (secondary N) is 1. The molecule has 1 fully saturated rings. The third-order valence-corrected chi connectivity index (χ3v) is 10.5. The van der Waals surface area contributed by atoms with Crippen molar-refractivity contribution in [3.05, 3.63) is 89.4 Å². The Morgan fingerprint density at radius 3 is 2.63 bits per heavy atom. The summed E-state index contributed by atoms with van der Waals surface area (Å²) in [6.45, 7) is 13.1. The zero-order valence-corrected chi connectivity index (χ0v) is 26.9. The van der Waals surface area contributed by atoms with Gasteiger partial charge >= 0.3 is 6.03 Å². The van der Waals surface area contributed by atoms with Crippen LogP contribution in [0.1, 0.15) is 41.3 Å². The second-order valence-electron chi connectivity index (χ2n) is 13.3. The highest BCUT2D eigenvalue weighted by atomic mass is 28.3. The first kappa shape index (κ1) is 29.5. The summed E-state index contributed by atoms with van der Waals surface area (Å²) < 4.78 is 7.90. The fourth-order valence-corrected chi connectivity index (χ4v) is 7.16. The molecule has 6 rings (SSSR count). The van der Waals surface area contributed by atoms with Gasteiger partial charge in [-0.1, -0.05) is 50.0 Å². The van der Waals surface area contributed by atoms with E-state index in [4.69, 9.17) is 14.8 Å². The van der Waals surface area contributed by atoms with E-state index in [0.29, 0.717) is 13.3 Å². The molecule has 0 bridgehead atoms. The molecule has 1 atom stereocenters. The molecule has 2 aliphatic rings. The van der Waals surface area contributed by atoms with E-state index in [9.17, 15) is 4.79 Å². The van der Waals surface area contributed by atoms with Gasteiger partial charge < -0.3 is 15.0 Å². The number of pyridine rings is 1. The molecule has 0 radical (unpaired) electrons. The van der Waals surface area contributed by atoms with Crippen LogP contribution in [0.3, 0.4) is 0 Å².